The van der Waals surface area contributed by atoms with Crippen molar-refractivity contribution in [2.45, 2.75) is 120 Å². The van der Waals surface area contributed by atoms with E-state index in [0.29, 0.717) is 101 Å². The van der Waals surface area contributed by atoms with E-state index in [1.165, 1.54) is 45.5 Å². The van der Waals surface area contributed by atoms with Crippen LogP contribution in [0.5, 0.6) is 40.2 Å². The summed E-state index contributed by atoms with van der Waals surface area (Å²) in [5.74, 6) is 4.89. The van der Waals surface area contributed by atoms with Crippen LogP contribution in [-0.4, -0.2) is 20.1 Å². The van der Waals surface area contributed by atoms with Gasteiger partial charge in [0.25, 0.3) is 11.1 Å². The van der Waals surface area contributed by atoms with Crippen LogP contribution in [0.15, 0.2) is 378 Å². The Morgan fingerprint density at radius 1 is 0.252 bits per heavy atom. The molecule has 0 aliphatic heterocycles. The Hall–Kier alpha value is -16.5. The first-order valence-corrected chi connectivity index (χ1v) is 45.3. The predicted octanol–water partition coefficient (Wildman–Crippen LogP) is 24.4. The van der Waals surface area contributed by atoms with Crippen molar-refractivity contribution in [3.8, 4) is 40.2 Å². The number of hydrogen-bond donors (Lipinski definition) is 6. The Labute approximate surface area is 786 Å². The summed E-state index contributed by atoms with van der Waals surface area (Å²) in [7, 11) is 0. The Bertz CT molecular complexity index is 6800. The van der Waals surface area contributed by atoms with Gasteiger partial charge < -0.3 is 74.6 Å². The number of anilines is 5. The summed E-state index contributed by atoms with van der Waals surface area (Å²) in [5, 5.41) is 12.9. The molecular weight excluding hydrogens is 1680 g/mol. The van der Waals surface area contributed by atoms with Crippen LogP contribution >= 0.6 is 0 Å². The molecule has 0 radical (unpaired) electrons. The number of benzene rings is 15. The summed E-state index contributed by atoms with van der Waals surface area (Å²) < 4.78 is 38.2. The number of nitrogens with two attached hydrogens (primary N) is 2. The second-order valence-corrected chi connectivity index (χ2v) is 34.3. The second-order valence-electron chi connectivity index (χ2n) is 34.3. The fourth-order valence-electron chi connectivity index (χ4n) is 16.7. The number of aromatic hydroxyl groups is 1. The Morgan fingerprint density at radius 3 is 0.807 bits per heavy atom. The van der Waals surface area contributed by atoms with E-state index in [1.54, 1.807) is 6.07 Å². The maximum Gasteiger partial charge on any atom is 0.271 e. The number of pyridine rings is 3. The lowest BCUT2D eigenvalue weighted by atomic mass is 10.1. The van der Waals surface area contributed by atoms with E-state index in [2.05, 4.69) is 247 Å². The van der Waals surface area contributed by atoms with E-state index in [9.17, 15) is 19.5 Å². The molecule has 18 nitrogen and oxygen atoms in total. The molecule has 15 aromatic carbocycles. The molecule has 0 amide bonds. The number of para-hydroxylation sites is 6. The van der Waals surface area contributed by atoms with Gasteiger partial charge in [0.1, 0.15) is 79.9 Å². The lowest BCUT2D eigenvalue weighted by Gasteiger charge is -2.27. The van der Waals surface area contributed by atoms with E-state index in [-0.39, 0.29) is 28.1 Å². The maximum atomic E-state index is 12.2. The highest BCUT2D eigenvalue weighted by Gasteiger charge is 2.22. The molecule has 3 aromatic heterocycles. The molecule has 135 heavy (non-hydrogen) atoms. The average Bonchev–Trinajstić information content (AvgIpc) is 0.798. The van der Waals surface area contributed by atoms with E-state index < -0.39 is 0 Å². The van der Waals surface area contributed by atoms with Crippen LogP contribution in [0.25, 0.3) is 32.7 Å². The van der Waals surface area contributed by atoms with Gasteiger partial charge in [-0.15, -0.1) is 0 Å². The fraction of sp³-hybridized carbons (Fsp3) is 0.154. The molecule has 18 aromatic rings. The van der Waals surface area contributed by atoms with Crippen molar-refractivity contribution in [1.82, 2.24) is 15.0 Å². The molecule has 18 rings (SSSR count). The van der Waals surface area contributed by atoms with E-state index in [0.717, 1.165) is 135 Å². The Morgan fingerprint density at radius 2 is 0.511 bits per heavy atom. The zero-order valence-electron chi connectivity index (χ0n) is 76.7. The van der Waals surface area contributed by atoms with E-state index in [1.807, 2.05) is 170 Å². The average molecular weight is 1790 g/mol. The monoisotopic (exact) mass is 1790 g/mol. The van der Waals surface area contributed by atoms with Gasteiger partial charge in [-0.2, -0.15) is 0 Å². The molecule has 3 heterocycles. The molecule has 0 atom stereocenters. The number of aromatic amines is 3. The summed E-state index contributed by atoms with van der Waals surface area (Å²) in [6.07, 6.45) is 0. The summed E-state index contributed by atoms with van der Waals surface area (Å²) >= 11 is 0. The van der Waals surface area contributed by atoms with Gasteiger partial charge >= 0.3 is 0 Å². The van der Waals surface area contributed by atoms with Crippen molar-refractivity contribution in [2.24, 2.45) is 0 Å². The van der Waals surface area contributed by atoms with Crippen molar-refractivity contribution in [2.75, 3.05) is 26.2 Å². The SMILES string of the molecule is Cc1cccc(COc2ccccc2CN(Cc2ccccc2OCc2cccc(C)c2)c2ccc3[nH]c(=O)c(N)cc3c2)c1.Cc1cccc(COc2ccccc2CN(Cc2ccccc2OCc2cccc(C)c2)c2ccc3[nH]c(=O)cc(N)c3c2)c1.Cc1cccc(COc2ccccc2CN(Cc2ccccc2OCc2cccc(C)c2)c2ccc3[nH]c(=O)cc(O)c3c2)c1. The molecule has 18 heteroatoms. The Balaban J connectivity index is 0.000000147. The highest BCUT2D eigenvalue weighted by Crippen LogP contribution is 2.37. The molecule has 0 fully saturated rings. The molecule has 0 aliphatic carbocycles. The topological polar surface area (TPSA) is 236 Å². The van der Waals surface area contributed by atoms with Gasteiger partial charge in [0, 0.05) is 129 Å². The number of aryl methyl sites for hydroxylation is 6. The molecule has 0 unspecified atom stereocenters. The summed E-state index contributed by atoms with van der Waals surface area (Å²) in [4.78, 5) is 51.6. The largest absolute Gasteiger partial charge is 0.507 e. The number of fused-ring (bicyclic) bond motifs is 3. The summed E-state index contributed by atoms with van der Waals surface area (Å²) in [6.45, 7) is 18.7. The molecule has 0 bridgehead atoms. The number of hydrogen-bond acceptors (Lipinski definition) is 15. The number of nitrogens with zero attached hydrogens (tertiary/aromatic N) is 3. The van der Waals surface area contributed by atoms with Crippen molar-refractivity contribution in [3.05, 3.63) is 495 Å². The third-order valence-corrected chi connectivity index (χ3v) is 23.5. The van der Waals surface area contributed by atoms with Crippen molar-refractivity contribution in [3.63, 3.8) is 0 Å². The van der Waals surface area contributed by atoms with E-state index >= 15 is 0 Å². The van der Waals surface area contributed by atoms with Crippen molar-refractivity contribution < 1.29 is 33.5 Å². The van der Waals surface area contributed by atoms with Gasteiger partial charge in [-0.1, -0.05) is 288 Å². The number of nitrogen functional groups attached to an aromatic ring is 2. The van der Waals surface area contributed by atoms with Crippen molar-refractivity contribution in [1.29, 1.82) is 0 Å². The van der Waals surface area contributed by atoms with Gasteiger partial charge in [0.15, 0.2) is 0 Å². The lowest BCUT2D eigenvalue weighted by molar-refractivity contribution is 0.301. The van der Waals surface area contributed by atoms with Crippen LogP contribution in [0.1, 0.15) is 100 Å². The molecule has 678 valence electrons. The first kappa shape index (κ1) is 91.8. The van der Waals surface area contributed by atoms with Crippen LogP contribution in [-0.2, 0) is 78.9 Å². The predicted molar refractivity (Wildman–Crippen MR) is 546 cm³/mol. The molecule has 0 spiro atoms. The second kappa shape index (κ2) is 44.0. The van der Waals surface area contributed by atoms with Crippen LogP contribution in [0.2, 0.25) is 0 Å². The summed E-state index contributed by atoms with van der Waals surface area (Å²) in [5.41, 5.74) is 37.1. The van der Waals surface area contributed by atoms with Crippen molar-refractivity contribution >= 4 is 61.1 Å². The molecule has 0 aliphatic rings. The molecular formula is C117H110N8O10. The van der Waals surface area contributed by atoms with Gasteiger partial charge in [0.05, 0.1) is 16.7 Å². The number of rotatable bonds is 33. The van der Waals surface area contributed by atoms with Gasteiger partial charge in [-0.05, 0) is 172 Å². The van der Waals surface area contributed by atoms with E-state index in [4.69, 9.17) is 39.9 Å². The number of aromatic nitrogens is 3. The van der Waals surface area contributed by atoms with Gasteiger partial charge in [-0.3, -0.25) is 14.4 Å². The van der Waals surface area contributed by atoms with Crippen LogP contribution in [0, 0.1) is 41.5 Å². The minimum absolute atomic E-state index is 0.0562. The normalized spacial score (nSPS) is 11.0. The van der Waals surface area contributed by atoms with Gasteiger partial charge in [-0.25, -0.2) is 0 Å². The third kappa shape index (κ3) is 25.0. The highest BCUT2D eigenvalue weighted by atomic mass is 16.5. The smallest absolute Gasteiger partial charge is 0.271 e. The number of ether oxygens (including phenoxy) is 6. The number of H-pyrrole nitrogens is 3. The molecule has 0 saturated heterocycles. The highest BCUT2D eigenvalue weighted by molar-refractivity contribution is 5.93. The first-order chi connectivity index (χ1) is 65.7. The minimum atomic E-state index is -0.344. The van der Waals surface area contributed by atoms with Gasteiger partial charge in [0.2, 0.25) is 5.56 Å². The Kier molecular flexibility index (Phi) is 29.9. The quantitative estimate of drug-likeness (QED) is 0.0224. The maximum absolute atomic E-state index is 12.2. The standard InChI is InChI=1S/2C39H37N3O3.C39H36N2O4/c1-27-9-7-11-29(19-27)25-44-37-15-5-3-13-31(37)23-42(34-17-18-36-33(21-34)22-35(40)39(43)41-36)24-32-14-4-6-16-38(32)45-26-30-12-8-10-28(2)20-30;1-27-9-7-11-29(19-27)25-44-37-15-5-3-13-31(37)23-42(33-17-18-36-34(21-33)35(40)22-39(43)41-36)24-32-14-4-6-16-38(32)45-26-30-12-8-10-28(2)20-30;1-27-9-7-11-29(19-27)25-44-37-15-5-3-13-31(37)23-41(33-17-18-35-34(21-33)36(42)22-39(43)40-35)24-32-14-4-6-16-38(32)45-26-30-12-8-10-28(2)20-30/h3-22H,23-26,40H2,1-2H3,(H,41,43);3-22H,23-26H2,1-2H3,(H3,40,41,43);3-22H,23-26H2,1-2H3,(H2,40,42,43). The third-order valence-electron chi connectivity index (χ3n) is 23.5. The lowest BCUT2D eigenvalue weighted by Crippen LogP contribution is -2.23. The minimum Gasteiger partial charge on any atom is -0.507 e. The zero-order chi connectivity index (χ0) is 93.5. The van der Waals surface area contributed by atoms with Crippen LogP contribution in [0.3, 0.4) is 0 Å². The number of nitrogens with one attached hydrogen (secondary N) is 3. The molecule has 0 saturated carbocycles. The zero-order valence-corrected chi connectivity index (χ0v) is 76.7. The van der Waals surface area contributed by atoms with Crippen LogP contribution < -0.4 is 71.3 Å². The first-order valence-electron chi connectivity index (χ1n) is 45.3. The van der Waals surface area contributed by atoms with Crippen LogP contribution in [0.4, 0.5) is 28.4 Å². The summed E-state index contributed by atoms with van der Waals surface area (Å²) in [6, 6.07) is 121. The fourth-order valence-corrected chi connectivity index (χ4v) is 16.7. The molecule has 8 N–H and O–H groups in total.